The summed E-state index contributed by atoms with van der Waals surface area (Å²) in [6.07, 6.45) is 2.61. The van der Waals surface area contributed by atoms with E-state index in [0.717, 1.165) is 29.7 Å². The lowest BCUT2D eigenvalue weighted by atomic mass is 10.0. The number of hydrogen-bond acceptors (Lipinski definition) is 5. The van der Waals surface area contributed by atoms with Crippen molar-refractivity contribution < 1.29 is 9.59 Å². The molecule has 0 spiro atoms. The van der Waals surface area contributed by atoms with E-state index in [0.29, 0.717) is 38.3 Å². The fourth-order valence-corrected chi connectivity index (χ4v) is 3.85. The minimum atomic E-state index is 0.0208. The number of aromatic nitrogens is 3. The molecule has 2 amide bonds. The van der Waals surface area contributed by atoms with E-state index in [4.69, 9.17) is 4.98 Å². The van der Waals surface area contributed by atoms with Gasteiger partial charge in [0.1, 0.15) is 0 Å². The SMILES string of the molecule is CCNC(=O)CN1CCCN(C(=O)c2cc(C(C)C)nc3c2cnn3C(C)C)CC1. The Labute approximate surface area is 178 Å². The van der Waals surface area contributed by atoms with Crippen molar-refractivity contribution in [2.75, 3.05) is 39.3 Å². The van der Waals surface area contributed by atoms with E-state index < -0.39 is 0 Å². The summed E-state index contributed by atoms with van der Waals surface area (Å²) in [4.78, 5) is 34.3. The summed E-state index contributed by atoms with van der Waals surface area (Å²) < 4.78 is 1.88. The Balaban J connectivity index is 1.85. The molecule has 164 valence electrons. The molecule has 0 aromatic carbocycles. The van der Waals surface area contributed by atoms with E-state index in [2.05, 4.69) is 43.0 Å². The van der Waals surface area contributed by atoms with Gasteiger partial charge in [-0.25, -0.2) is 9.67 Å². The number of hydrogen-bond donors (Lipinski definition) is 1. The predicted molar refractivity (Wildman–Crippen MR) is 118 cm³/mol. The van der Waals surface area contributed by atoms with Crippen molar-refractivity contribution >= 4 is 22.8 Å². The molecule has 8 nitrogen and oxygen atoms in total. The van der Waals surface area contributed by atoms with Crippen LogP contribution in [0.5, 0.6) is 0 Å². The maximum Gasteiger partial charge on any atom is 0.254 e. The van der Waals surface area contributed by atoms with Gasteiger partial charge < -0.3 is 10.2 Å². The number of carbonyl (C=O) groups is 2. The fraction of sp³-hybridized carbons (Fsp3) is 0.636. The average Bonchev–Trinajstić information content (AvgIpc) is 3.00. The number of nitrogens with zero attached hydrogens (tertiary/aromatic N) is 5. The van der Waals surface area contributed by atoms with E-state index in [1.54, 1.807) is 6.20 Å². The first-order chi connectivity index (χ1) is 14.3. The van der Waals surface area contributed by atoms with Gasteiger partial charge >= 0.3 is 0 Å². The van der Waals surface area contributed by atoms with Crippen LogP contribution < -0.4 is 5.32 Å². The highest BCUT2D eigenvalue weighted by Gasteiger charge is 2.25. The van der Waals surface area contributed by atoms with Crippen molar-refractivity contribution in [3.63, 3.8) is 0 Å². The first-order valence-corrected chi connectivity index (χ1v) is 11.0. The second-order valence-corrected chi connectivity index (χ2v) is 8.54. The molecule has 1 aliphatic heterocycles. The van der Waals surface area contributed by atoms with Crippen molar-refractivity contribution in [1.82, 2.24) is 29.9 Å². The van der Waals surface area contributed by atoms with Crippen LogP contribution in [0.1, 0.15) is 69.1 Å². The van der Waals surface area contributed by atoms with Gasteiger partial charge in [-0.2, -0.15) is 5.10 Å². The Morgan fingerprint density at radius 1 is 1.13 bits per heavy atom. The molecular formula is C22H34N6O2. The monoisotopic (exact) mass is 414 g/mol. The number of rotatable bonds is 6. The Morgan fingerprint density at radius 3 is 2.57 bits per heavy atom. The van der Waals surface area contributed by atoms with Crippen molar-refractivity contribution in [1.29, 1.82) is 0 Å². The fourth-order valence-electron chi connectivity index (χ4n) is 3.85. The van der Waals surface area contributed by atoms with Gasteiger partial charge in [-0.1, -0.05) is 13.8 Å². The maximum absolute atomic E-state index is 13.5. The van der Waals surface area contributed by atoms with Gasteiger partial charge in [-0.3, -0.25) is 14.5 Å². The highest BCUT2D eigenvalue weighted by Crippen LogP contribution is 2.25. The number of nitrogens with one attached hydrogen (secondary N) is 1. The predicted octanol–water partition coefficient (Wildman–Crippen LogP) is 2.42. The summed E-state index contributed by atoms with van der Waals surface area (Å²) in [5.74, 6) is 0.274. The summed E-state index contributed by atoms with van der Waals surface area (Å²) in [7, 11) is 0. The van der Waals surface area contributed by atoms with Crippen molar-refractivity contribution in [2.24, 2.45) is 0 Å². The van der Waals surface area contributed by atoms with Crippen LogP contribution in [0, 0.1) is 0 Å². The average molecular weight is 415 g/mol. The van der Waals surface area contributed by atoms with Crippen LogP contribution in [-0.4, -0.2) is 75.6 Å². The molecule has 0 unspecified atom stereocenters. The highest BCUT2D eigenvalue weighted by atomic mass is 16.2. The summed E-state index contributed by atoms with van der Waals surface area (Å²) in [6.45, 7) is 14.0. The highest BCUT2D eigenvalue weighted by molar-refractivity contribution is 6.05. The molecule has 1 fully saturated rings. The van der Waals surface area contributed by atoms with Gasteiger partial charge in [0.25, 0.3) is 5.91 Å². The first-order valence-electron chi connectivity index (χ1n) is 11.0. The van der Waals surface area contributed by atoms with Gasteiger partial charge in [-0.15, -0.1) is 0 Å². The lowest BCUT2D eigenvalue weighted by Crippen LogP contribution is -2.40. The maximum atomic E-state index is 13.5. The molecule has 0 aliphatic carbocycles. The van der Waals surface area contributed by atoms with Crippen molar-refractivity contribution in [3.05, 3.63) is 23.5 Å². The van der Waals surface area contributed by atoms with E-state index in [9.17, 15) is 9.59 Å². The van der Waals surface area contributed by atoms with Gasteiger partial charge in [0, 0.05) is 44.5 Å². The zero-order valence-electron chi connectivity index (χ0n) is 18.8. The molecule has 1 saturated heterocycles. The molecule has 30 heavy (non-hydrogen) atoms. The summed E-state index contributed by atoms with van der Waals surface area (Å²) in [5, 5.41) is 8.15. The van der Waals surface area contributed by atoms with Crippen LogP contribution in [0.4, 0.5) is 0 Å². The number of likely N-dealkylation sites (N-methyl/N-ethyl adjacent to an activating group) is 1. The quantitative estimate of drug-likeness (QED) is 0.785. The largest absolute Gasteiger partial charge is 0.355 e. The molecule has 3 rings (SSSR count). The lowest BCUT2D eigenvalue weighted by Gasteiger charge is -2.22. The third-order valence-corrected chi connectivity index (χ3v) is 5.51. The second-order valence-electron chi connectivity index (χ2n) is 8.54. The van der Waals surface area contributed by atoms with Gasteiger partial charge in [-0.05, 0) is 39.2 Å². The number of fused-ring (bicyclic) bond motifs is 1. The van der Waals surface area contributed by atoms with Gasteiger partial charge in [0.15, 0.2) is 5.65 Å². The molecule has 8 heteroatoms. The van der Waals surface area contributed by atoms with Crippen LogP contribution in [0.2, 0.25) is 0 Å². The molecule has 3 heterocycles. The minimum absolute atomic E-state index is 0.0208. The smallest absolute Gasteiger partial charge is 0.254 e. The Bertz CT molecular complexity index is 904. The van der Waals surface area contributed by atoms with E-state index in [1.165, 1.54) is 0 Å². The third kappa shape index (κ3) is 4.80. The zero-order valence-corrected chi connectivity index (χ0v) is 18.8. The summed E-state index contributed by atoms with van der Waals surface area (Å²) >= 11 is 0. The van der Waals surface area contributed by atoms with Crippen LogP contribution in [0.3, 0.4) is 0 Å². The summed E-state index contributed by atoms with van der Waals surface area (Å²) in [6, 6.07) is 2.10. The Hall–Kier alpha value is -2.48. The van der Waals surface area contributed by atoms with Gasteiger partial charge in [0.05, 0.1) is 23.7 Å². The molecule has 2 aromatic rings. The van der Waals surface area contributed by atoms with E-state index in [1.807, 2.05) is 22.6 Å². The molecule has 1 N–H and O–H groups in total. The standard InChI is InChI=1S/C22H34N6O2/c1-6-23-20(29)14-26-8-7-9-27(11-10-26)22(30)17-12-19(15(2)3)25-21-18(17)13-24-28(21)16(4)5/h12-13,15-16H,6-11,14H2,1-5H3,(H,23,29). The van der Waals surface area contributed by atoms with Crippen LogP contribution in [0.25, 0.3) is 11.0 Å². The lowest BCUT2D eigenvalue weighted by molar-refractivity contribution is -0.122. The molecular weight excluding hydrogens is 380 g/mol. The minimum Gasteiger partial charge on any atom is -0.355 e. The van der Waals surface area contributed by atoms with Crippen molar-refractivity contribution in [2.45, 2.75) is 53.0 Å². The molecule has 0 bridgehead atoms. The zero-order chi connectivity index (χ0) is 21.8. The molecule has 1 aliphatic rings. The topological polar surface area (TPSA) is 83.4 Å². The molecule has 0 radical (unpaired) electrons. The second kappa shape index (κ2) is 9.55. The molecule has 2 aromatic heterocycles. The Kier molecular flexibility index (Phi) is 7.07. The van der Waals surface area contributed by atoms with E-state index >= 15 is 0 Å². The van der Waals surface area contributed by atoms with E-state index in [-0.39, 0.29) is 23.8 Å². The van der Waals surface area contributed by atoms with Crippen LogP contribution in [-0.2, 0) is 4.79 Å². The first kappa shape index (κ1) is 22.2. The number of pyridine rings is 1. The molecule has 0 saturated carbocycles. The normalized spacial score (nSPS) is 15.8. The summed E-state index contributed by atoms with van der Waals surface area (Å²) in [5.41, 5.74) is 2.35. The van der Waals surface area contributed by atoms with Crippen LogP contribution >= 0.6 is 0 Å². The van der Waals surface area contributed by atoms with Crippen molar-refractivity contribution in [3.8, 4) is 0 Å². The number of amides is 2. The Morgan fingerprint density at radius 2 is 1.90 bits per heavy atom. The number of carbonyl (C=O) groups excluding carboxylic acids is 2. The van der Waals surface area contributed by atoms with Gasteiger partial charge in [0.2, 0.25) is 5.91 Å². The molecule has 0 atom stereocenters. The third-order valence-electron chi connectivity index (χ3n) is 5.51. The van der Waals surface area contributed by atoms with Crippen LogP contribution in [0.15, 0.2) is 12.3 Å².